The monoisotopic (exact) mass is 336 g/mol. The minimum atomic E-state index is -0.0627. The van der Waals surface area contributed by atoms with E-state index in [2.05, 4.69) is 17.1 Å². The number of aryl methyl sites for hydroxylation is 1. The highest BCUT2D eigenvalue weighted by atomic mass is 16.1. The zero-order valence-electron chi connectivity index (χ0n) is 14.3. The highest BCUT2D eigenvalue weighted by Gasteiger charge is 2.19. The van der Waals surface area contributed by atoms with E-state index < -0.39 is 0 Å². The number of para-hydroxylation sites is 2. The van der Waals surface area contributed by atoms with Crippen LogP contribution in [-0.4, -0.2) is 15.8 Å². The summed E-state index contributed by atoms with van der Waals surface area (Å²) in [6, 6.07) is 23.8. The van der Waals surface area contributed by atoms with E-state index in [1.165, 1.54) is 0 Å². The quantitative estimate of drug-likeness (QED) is 0.438. The number of aromatic amines is 1. The van der Waals surface area contributed by atoms with Crippen LogP contribution in [-0.2, 0) is 0 Å². The maximum Gasteiger partial charge on any atom is 0.213 e. The SMILES string of the molecule is Cc1ccc(C(=O)c2nc3ccccc3c3c2[nH]c2ccccc23)cc1. The van der Waals surface area contributed by atoms with Crippen LogP contribution in [0.1, 0.15) is 21.6 Å². The fourth-order valence-electron chi connectivity index (χ4n) is 3.56. The summed E-state index contributed by atoms with van der Waals surface area (Å²) in [5, 5.41) is 3.22. The van der Waals surface area contributed by atoms with Gasteiger partial charge in [-0.05, 0) is 19.1 Å². The molecule has 0 bridgehead atoms. The van der Waals surface area contributed by atoms with Gasteiger partial charge in [0, 0.05) is 27.2 Å². The second-order valence-corrected chi connectivity index (χ2v) is 6.59. The molecule has 2 heterocycles. The Morgan fingerprint density at radius 3 is 2.35 bits per heavy atom. The molecule has 3 aromatic carbocycles. The van der Waals surface area contributed by atoms with Gasteiger partial charge in [0.2, 0.25) is 5.78 Å². The Morgan fingerprint density at radius 2 is 1.54 bits per heavy atom. The van der Waals surface area contributed by atoms with Gasteiger partial charge in [-0.25, -0.2) is 4.98 Å². The molecule has 0 saturated carbocycles. The Morgan fingerprint density at radius 1 is 0.846 bits per heavy atom. The molecule has 0 spiro atoms. The summed E-state index contributed by atoms with van der Waals surface area (Å²) in [4.78, 5) is 21.3. The van der Waals surface area contributed by atoms with Gasteiger partial charge in [-0.1, -0.05) is 66.2 Å². The fourth-order valence-corrected chi connectivity index (χ4v) is 3.56. The maximum absolute atomic E-state index is 13.2. The molecule has 0 radical (unpaired) electrons. The number of carbonyl (C=O) groups is 1. The molecule has 0 fully saturated rings. The number of fused-ring (bicyclic) bond motifs is 5. The minimum Gasteiger partial charge on any atom is -0.353 e. The number of benzene rings is 3. The van der Waals surface area contributed by atoms with E-state index in [9.17, 15) is 4.79 Å². The van der Waals surface area contributed by atoms with Crippen molar-refractivity contribution in [1.82, 2.24) is 9.97 Å². The van der Waals surface area contributed by atoms with Crippen molar-refractivity contribution in [3.63, 3.8) is 0 Å². The minimum absolute atomic E-state index is 0.0627. The van der Waals surface area contributed by atoms with Crippen LogP contribution in [0.25, 0.3) is 32.7 Å². The van der Waals surface area contributed by atoms with Gasteiger partial charge in [0.05, 0.1) is 11.0 Å². The Labute approximate surface area is 150 Å². The van der Waals surface area contributed by atoms with E-state index in [1.54, 1.807) is 0 Å². The number of carbonyl (C=O) groups excluding carboxylic acids is 1. The summed E-state index contributed by atoms with van der Waals surface area (Å²) in [6.07, 6.45) is 0. The predicted molar refractivity (Wildman–Crippen MR) is 106 cm³/mol. The average Bonchev–Trinajstić information content (AvgIpc) is 3.07. The van der Waals surface area contributed by atoms with Crippen LogP contribution in [0.5, 0.6) is 0 Å². The van der Waals surface area contributed by atoms with Crippen molar-refractivity contribution in [2.45, 2.75) is 6.92 Å². The molecule has 0 aliphatic heterocycles. The van der Waals surface area contributed by atoms with Crippen molar-refractivity contribution in [2.75, 3.05) is 0 Å². The Balaban J connectivity index is 1.89. The molecule has 2 aromatic heterocycles. The van der Waals surface area contributed by atoms with Crippen LogP contribution in [0.2, 0.25) is 0 Å². The van der Waals surface area contributed by atoms with Gasteiger partial charge in [0.1, 0.15) is 5.69 Å². The smallest absolute Gasteiger partial charge is 0.213 e. The van der Waals surface area contributed by atoms with Crippen LogP contribution in [0.15, 0.2) is 72.8 Å². The normalized spacial score (nSPS) is 11.4. The fraction of sp³-hybridized carbons (Fsp3) is 0.0435. The van der Waals surface area contributed by atoms with E-state index in [-0.39, 0.29) is 5.78 Å². The number of aromatic nitrogens is 2. The van der Waals surface area contributed by atoms with Crippen LogP contribution >= 0.6 is 0 Å². The Bertz CT molecular complexity index is 1300. The molecule has 3 heteroatoms. The topological polar surface area (TPSA) is 45.8 Å². The molecular weight excluding hydrogens is 320 g/mol. The van der Waals surface area contributed by atoms with E-state index in [0.717, 1.165) is 38.3 Å². The van der Waals surface area contributed by atoms with Crippen molar-refractivity contribution in [1.29, 1.82) is 0 Å². The first-order valence-corrected chi connectivity index (χ1v) is 8.63. The van der Waals surface area contributed by atoms with Gasteiger partial charge >= 0.3 is 0 Å². The molecule has 0 aliphatic carbocycles. The van der Waals surface area contributed by atoms with Crippen molar-refractivity contribution in [2.24, 2.45) is 0 Å². The van der Waals surface area contributed by atoms with Crippen molar-refractivity contribution >= 4 is 38.5 Å². The first-order valence-electron chi connectivity index (χ1n) is 8.63. The predicted octanol–water partition coefficient (Wildman–Crippen LogP) is 5.41. The van der Waals surface area contributed by atoms with E-state index in [0.29, 0.717) is 11.3 Å². The van der Waals surface area contributed by atoms with Gasteiger partial charge in [-0.2, -0.15) is 0 Å². The van der Waals surface area contributed by atoms with Crippen LogP contribution in [0, 0.1) is 6.92 Å². The summed E-state index contributed by atoms with van der Waals surface area (Å²) in [6.45, 7) is 2.01. The molecule has 0 saturated heterocycles. The summed E-state index contributed by atoms with van der Waals surface area (Å²) >= 11 is 0. The summed E-state index contributed by atoms with van der Waals surface area (Å²) in [7, 11) is 0. The molecule has 124 valence electrons. The van der Waals surface area contributed by atoms with Gasteiger partial charge in [0.15, 0.2) is 0 Å². The third kappa shape index (κ3) is 2.14. The maximum atomic E-state index is 13.2. The zero-order valence-corrected chi connectivity index (χ0v) is 14.3. The number of pyridine rings is 1. The highest BCUT2D eigenvalue weighted by molar-refractivity contribution is 6.25. The Kier molecular flexibility index (Phi) is 3.16. The number of hydrogen-bond donors (Lipinski definition) is 1. The van der Waals surface area contributed by atoms with Crippen molar-refractivity contribution < 1.29 is 4.79 Å². The molecule has 0 aliphatic rings. The standard InChI is InChI=1S/C23H16N2O/c1-14-10-12-15(13-11-14)23(26)22-21-20(16-6-2-4-8-18(16)24-21)17-7-3-5-9-19(17)25-22/h2-13,24H,1H3. The lowest BCUT2D eigenvalue weighted by atomic mass is 10.0. The number of hydrogen-bond acceptors (Lipinski definition) is 2. The molecular formula is C23H16N2O. The second kappa shape index (κ2) is 5.53. The number of nitrogens with zero attached hydrogens (tertiary/aromatic N) is 1. The molecule has 0 amide bonds. The zero-order chi connectivity index (χ0) is 17.7. The largest absolute Gasteiger partial charge is 0.353 e. The first kappa shape index (κ1) is 14.8. The number of nitrogens with one attached hydrogen (secondary N) is 1. The van der Waals surface area contributed by atoms with Crippen LogP contribution < -0.4 is 0 Å². The van der Waals surface area contributed by atoms with Crippen molar-refractivity contribution in [3.8, 4) is 0 Å². The average molecular weight is 336 g/mol. The lowest BCUT2D eigenvalue weighted by Gasteiger charge is -2.06. The van der Waals surface area contributed by atoms with E-state index in [4.69, 9.17) is 4.98 Å². The van der Waals surface area contributed by atoms with Gasteiger partial charge < -0.3 is 4.98 Å². The number of rotatable bonds is 2. The molecule has 0 atom stereocenters. The number of ketones is 1. The molecule has 3 nitrogen and oxygen atoms in total. The lowest BCUT2D eigenvalue weighted by molar-refractivity contribution is 0.103. The first-order chi connectivity index (χ1) is 12.7. The summed E-state index contributed by atoms with van der Waals surface area (Å²) in [5.41, 5.74) is 4.90. The highest BCUT2D eigenvalue weighted by Crippen LogP contribution is 2.33. The van der Waals surface area contributed by atoms with Gasteiger partial charge in [-0.15, -0.1) is 0 Å². The number of H-pyrrole nitrogens is 1. The summed E-state index contributed by atoms with van der Waals surface area (Å²) < 4.78 is 0. The van der Waals surface area contributed by atoms with E-state index >= 15 is 0 Å². The van der Waals surface area contributed by atoms with Gasteiger partial charge in [-0.3, -0.25) is 4.79 Å². The molecule has 1 N–H and O–H groups in total. The van der Waals surface area contributed by atoms with E-state index in [1.807, 2.05) is 67.6 Å². The van der Waals surface area contributed by atoms with Gasteiger partial charge in [0.25, 0.3) is 0 Å². The van der Waals surface area contributed by atoms with Crippen LogP contribution in [0.3, 0.4) is 0 Å². The second-order valence-electron chi connectivity index (χ2n) is 6.59. The van der Waals surface area contributed by atoms with Crippen molar-refractivity contribution in [3.05, 3.63) is 89.6 Å². The third-order valence-corrected chi connectivity index (χ3v) is 4.88. The third-order valence-electron chi connectivity index (χ3n) is 4.88. The molecule has 26 heavy (non-hydrogen) atoms. The molecule has 5 rings (SSSR count). The molecule has 5 aromatic rings. The molecule has 0 unspecified atom stereocenters. The van der Waals surface area contributed by atoms with Crippen LogP contribution in [0.4, 0.5) is 0 Å². The lowest BCUT2D eigenvalue weighted by Crippen LogP contribution is -2.05. The summed E-state index contributed by atoms with van der Waals surface area (Å²) in [5.74, 6) is -0.0627. The Hall–Kier alpha value is -3.46.